The molecular formula is C5H5F2N3O2. The van der Waals surface area contributed by atoms with Crippen LogP contribution in [0.3, 0.4) is 0 Å². The fourth-order valence-electron chi connectivity index (χ4n) is 0.714. The fraction of sp³-hybridized carbons (Fsp3) is 0.400. The van der Waals surface area contributed by atoms with Crippen LogP contribution in [-0.2, 0) is 11.2 Å². The van der Waals surface area contributed by atoms with Crippen molar-refractivity contribution in [3.05, 3.63) is 11.4 Å². The smallest absolute Gasteiger partial charge is 0.309 e. The van der Waals surface area contributed by atoms with Crippen molar-refractivity contribution in [1.29, 1.82) is 0 Å². The van der Waals surface area contributed by atoms with E-state index in [1.165, 1.54) is 0 Å². The Kier molecular flexibility index (Phi) is 2.32. The van der Waals surface area contributed by atoms with Crippen molar-refractivity contribution in [2.24, 2.45) is 0 Å². The maximum absolute atomic E-state index is 12.0. The lowest BCUT2D eigenvalue weighted by molar-refractivity contribution is -0.136. The quantitative estimate of drug-likeness (QED) is 0.699. The summed E-state index contributed by atoms with van der Waals surface area (Å²) in [6, 6.07) is 0. The molecule has 0 fully saturated rings. The molecule has 0 saturated heterocycles. The van der Waals surface area contributed by atoms with Gasteiger partial charge in [-0.1, -0.05) is 5.21 Å². The molecule has 66 valence electrons. The first-order valence-corrected chi connectivity index (χ1v) is 3.01. The summed E-state index contributed by atoms with van der Waals surface area (Å²) in [5.41, 5.74) is -0.755. The molecule has 0 aliphatic heterocycles. The van der Waals surface area contributed by atoms with E-state index in [1.807, 2.05) is 0 Å². The molecular weight excluding hydrogens is 172 g/mol. The summed E-state index contributed by atoms with van der Waals surface area (Å²) in [6.07, 6.45) is -3.31. The largest absolute Gasteiger partial charge is 0.481 e. The number of carboxylic acid groups (broad SMARTS) is 1. The molecule has 7 heteroatoms. The molecule has 1 aromatic heterocycles. The Morgan fingerprint density at radius 2 is 2.33 bits per heavy atom. The molecule has 0 spiro atoms. The van der Waals surface area contributed by atoms with Gasteiger partial charge in [0, 0.05) is 0 Å². The van der Waals surface area contributed by atoms with Crippen molar-refractivity contribution in [1.82, 2.24) is 15.4 Å². The maximum atomic E-state index is 12.0. The standard InChI is InChI=1S/C5H5F2N3O2/c6-5(7)4-2(1-3(11)12)8-10-9-4/h5H,1H2,(H,11,12)(H,8,9,10). The Bertz CT molecular complexity index is 286. The van der Waals surface area contributed by atoms with E-state index in [0.29, 0.717) is 0 Å². The minimum atomic E-state index is -2.79. The Labute approximate surface area is 65.4 Å². The zero-order valence-corrected chi connectivity index (χ0v) is 5.79. The summed E-state index contributed by atoms with van der Waals surface area (Å²) in [5.74, 6) is -1.21. The highest BCUT2D eigenvalue weighted by Gasteiger charge is 2.18. The van der Waals surface area contributed by atoms with Crippen LogP contribution < -0.4 is 0 Å². The molecule has 5 nitrogen and oxygen atoms in total. The van der Waals surface area contributed by atoms with Crippen LogP contribution in [-0.4, -0.2) is 26.5 Å². The average molecular weight is 177 g/mol. The third-order valence-corrected chi connectivity index (χ3v) is 1.19. The topological polar surface area (TPSA) is 78.9 Å². The number of aromatic nitrogens is 3. The first kappa shape index (κ1) is 8.57. The van der Waals surface area contributed by atoms with Crippen molar-refractivity contribution in [3.8, 4) is 0 Å². The molecule has 0 unspecified atom stereocenters. The Morgan fingerprint density at radius 1 is 1.67 bits per heavy atom. The van der Waals surface area contributed by atoms with Crippen LogP contribution in [0, 0.1) is 0 Å². The van der Waals surface area contributed by atoms with E-state index >= 15 is 0 Å². The van der Waals surface area contributed by atoms with E-state index in [0.717, 1.165) is 0 Å². The van der Waals surface area contributed by atoms with E-state index < -0.39 is 24.5 Å². The molecule has 12 heavy (non-hydrogen) atoms. The van der Waals surface area contributed by atoms with Crippen molar-refractivity contribution >= 4 is 5.97 Å². The minimum absolute atomic E-state index is 0.155. The summed E-state index contributed by atoms with van der Waals surface area (Å²) < 4.78 is 24.0. The van der Waals surface area contributed by atoms with Gasteiger partial charge in [-0.25, -0.2) is 8.78 Å². The Balaban J connectivity index is 2.84. The van der Waals surface area contributed by atoms with E-state index in [1.54, 1.807) is 0 Å². The van der Waals surface area contributed by atoms with Gasteiger partial charge in [0.1, 0.15) is 0 Å². The van der Waals surface area contributed by atoms with Gasteiger partial charge in [0.15, 0.2) is 5.69 Å². The summed E-state index contributed by atoms with van der Waals surface area (Å²) in [4.78, 5) is 10.1. The Morgan fingerprint density at radius 3 is 2.83 bits per heavy atom. The first-order chi connectivity index (χ1) is 5.61. The predicted octanol–water partition coefficient (Wildman–Crippen LogP) is 0.369. The van der Waals surface area contributed by atoms with Crippen LogP contribution in [0.2, 0.25) is 0 Å². The van der Waals surface area contributed by atoms with Crippen LogP contribution in [0.15, 0.2) is 0 Å². The molecule has 1 heterocycles. The van der Waals surface area contributed by atoms with Gasteiger partial charge < -0.3 is 5.11 Å². The molecule has 0 saturated carbocycles. The van der Waals surface area contributed by atoms with Crippen LogP contribution in [0.4, 0.5) is 8.78 Å². The first-order valence-electron chi connectivity index (χ1n) is 3.01. The lowest BCUT2D eigenvalue weighted by atomic mass is 10.2. The second-order valence-corrected chi connectivity index (χ2v) is 2.05. The number of aromatic amines is 1. The number of H-pyrrole nitrogens is 1. The van der Waals surface area contributed by atoms with Gasteiger partial charge in [-0.2, -0.15) is 0 Å². The number of carboxylic acids is 1. The summed E-state index contributed by atoms with van der Waals surface area (Å²) in [5, 5.41) is 16.5. The number of carbonyl (C=O) groups is 1. The molecule has 0 aliphatic rings. The van der Waals surface area contributed by atoms with E-state index in [4.69, 9.17) is 5.11 Å². The lowest BCUT2D eigenvalue weighted by Crippen LogP contribution is -2.03. The van der Waals surface area contributed by atoms with Gasteiger partial charge >= 0.3 is 5.97 Å². The monoisotopic (exact) mass is 177 g/mol. The van der Waals surface area contributed by atoms with Crippen molar-refractivity contribution < 1.29 is 18.7 Å². The Hall–Kier alpha value is -1.53. The highest BCUT2D eigenvalue weighted by Crippen LogP contribution is 2.18. The predicted molar refractivity (Wildman–Crippen MR) is 32.7 cm³/mol. The van der Waals surface area contributed by atoms with E-state index in [-0.39, 0.29) is 5.69 Å². The van der Waals surface area contributed by atoms with Crippen molar-refractivity contribution in [2.75, 3.05) is 0 Å². The lowest BCUT2D eigenvalue weighted by Gasteiger charge is -1.94. The third-order valence-electron chi connectivity index (χ3n) is 1.19. The molecule has 1 aromatic rings. The number of rotatable bonds is 3. The number of nitrogens with zero attached hydrogens (tertiary/aromatic N) is 2. The zero-order chi connectivity index (χ0) is 9.14. The van der Waals surface area contributed by atoms with Gasteiger partial charge in [0.05, 0.1) is 12.1 Å². The second-order valence-electron chi connectivity index (χ2n) is 2.05. The van der Waals surface area contributed by atoms with Gasteiger partial charge in [-0.3, -0.25) is 9.89 Å². The minimum Gasteiger partial charge on any atom is -0.481 e. The number of alkyl halides is 2. The van der Waals surface area contributed by atoms with Crippen molar-refractivity contribution in [3.63, 3.8) is 0 Å². The highest BCUT2D eigenvalue weighted by molar-refractivity contribution is 5.69. The number of hydrogen-bond donors (Lipinski definition) is 2. The normalized spacial score (nSPS) is 10.6. The van der Waals surface area contributed by atoms with Crippen LogP contribution in [0.1, 0.15) is 17.8 Å². The highest BCUT2D eigenvalue weighted by atomic mass is 19.3. The summed E-state index contributed by atoms with van der Waals surface area (Å²) in [7, 11) is 0. The van der Waals surface area contributed by atoms with E-state index in [2.05, 4.69) is 15.4 Å². The molecule has 2 N–H and O–H groups in total. The molecule has 1 rings (SSSR count). The van der Waals surface area contributed by atoms with Gasteiger partial charge in [-0.15, -0.1) is 5.10 Å². The molecule has 0 atom stereocenters. The fourth-order valence-corrected chi connectivity index (χ4v) is 0.714. The van der Waals surface area contributed by atoms with Crippen LogP contribution >= 0.6 is 0 Å². The number of hydrogen-bond acceptors (Lipinski definition) is 3. The SMILES string of the molecule is O=C(O)Cc1[nH]nnc1C(F)F. The van der Waals surface area contributed by atoms with Gasteiger partial charge in [0.2, 0.25) is 0 Å². The average Bonchev–Trinajstić information content (AvgIpc) is 2.33. The van der Waals surface area contributed by atoms with Gasteiger partial charge in [-0.05, 0) is 0 Å². The summed E-state index contributed by atoms with van der Waals surface area (Å²) in [6.45, 7) is 0. The number of aliphatic carboxylic acids is 1. The molecule has 0 amide bonds. The van der Waals surface area contributed by atoms with Crippen LogP contribution in [0.25, 0.3) is 0 Å². The maximum Gasteiger partial charge on any atom is 0.309 e. The molecule has 0 radical (unpaired) electrons. The molecule has 0 bridgehead atoms. The third kappa shape index (κ3) is 1.74. The van der Waals surface area contributed by atoms with Gasteiger partial charge in [0.25, 0.3) is 6.43 Å². The van der Waals surface area contributed by atoms with E-state index in [9.17, 15) is 13.6 Å². The second kappa shape index (κ2) is 3.24. The zero-order valence-electron chi connectivity index (χ0n) is 5.79. The molecule has 0 aliphatic carbocycles. The van der Waals surface area contributed by atoms with Crippen LogP contribution in [0.5, 0.6) is 0 Å². The molecule has 0 aromatic carbocycles. The summed E-state index contributed by atoms with van der Waals surface area (Å²) >= 11 is 0. The number of nitrogens with one attached hydrogen (secondary N) is 1. The van der Waals surface area contributed by atoms with Crippen molar-refractivity contribution in [2.45, 2.75) is 12.8 Å². The number of halogens is 2.